The summed E-state index contributed by atoms with van der Waals surface area (Å²) >= 11 is 0. The largest absolute Gasteiger partial charge is 0.304 e. The standard InChI is InChI=1S/C12H11N/c1-2-4-11-9(3-1)7-10-8-13-6-5-12(10)11/h1-4,13H,5-7H2. The minimum Gasteiger partial charge on any atom is -0.304 e. The lowest BCUT2D eigenvalue weighted by Crippen LogP contribution is -2.18. The van der Waals surface area contributed by atoms with Gasteiger partial charge in [0.05, 0.1) is 6.54 Å². The van der Waals surface area contributed by atoms with Crippen LogP contribution in [-0.2, 0) is 6.42 Å². The lowest BCUT2D eigenvalue weighted by Gasteiger charge is -2.14. The zero-order valence-corrected chi connectivity index (χ0v) is 7.43. The molecule has 1 aliphatic carbocycles. The molecule has 0 fully saturated rings. The molecule has 0 spiro atoms. The van der Waals surface area contributed by atoms with E-state index in [1.807, 2.05) is 0 Å². The Bertz CT molecular complexity index is 376. The highest BCUT2D eigenvalue weighted by molar-refractivity contribution is 5.78. The normalized spacial score (nSPS) is 20.0. The summed E-state index contributed by atoms with van der Waals surface area (Å²) in [5.74, 6) is 0. The molecule has 3 rings (SSSR count). The molecule has 2 aliphatic rings. The first kappa shape index (κ1) is 7.34. The van der Waals surface area contributed by atoms with E-state index in [9.17, 15) is 0 Å². The topological polar surface area (TPSA) is 12.0 Å². The molecule has 0 atom stereocenters. The molecule has 1 heteroatoms. The summed E-state index contributed by atoms with van der Waals surface area (Å²) in [4.78, 5) is 0. The fraction of sp³-hybridized carbons (Fsp3) is 0.250. The molecule has 1 aliphatic heterocycles. The van der Waals surface area contributed by atoms with E-state index in [0.717, 1.165) is 19.4 Å². The van der Waals surface area contributed by atoms with Gasteiger partial charge in [-0.05, 0) is 35.1 Å². The van der Waals surface area contributed by atoms with Crippen LogP contribution in [0.25, 0.3) is 5.57 Å². The third-order valence-corrected chi connectivity index (χ3v) is 2.81. The van der Waals surface area contributed by atoms with Crippen LogP contribution in [0.5, 0.6) is 0 Å². The van der Waals surface area contributed by atoms with E-state index in [0.29, 0.717) is 0 Å². The molecule has 0 amide bonds. The number of fused-ring (bicyclic) bond motifs is 2. The highest BCUT2D eigenvalue weighted by atomic mass is 14.9. The molecule has 0 bridgehead atoms. The van der Waals surface area contributed by atoms with Gasteiger partial charge in [0.25, 0.3) is 0 Å². The Balaban J connectivity index is 2.12. The van der Waals surface area contributed by atoms with Crippen molar-refractivity contribution in [2.24, 2.45) is 0 Å². The van der Waals surface area contributed by atoms with Crippen LogP contribution >= 0.6 is 0 Å². The van der Waals surface area contributed by atoms with Crippen LogP contribution in [0.15, 0.2) is 29.8 Å². The second kappa shape index (κ2) is 2.71. The third-order valence-electron chi connectivity index (χ3n) is 2.81. The van der Waals surface area contributed by atoms with E-state index >= 15 is 0 Å². The van der Waals surface area contributed by atoms with Crippen molar-refractivity contribution >= 4 is 5.57 Å². The molecular weight excluding hydrogens is 158 g/mol. The van der Waals surface area contributed by atoms with E-state index in [1.165, 1.54) is 22.3 Å². The van der Waals surface area contributed by atoms with Gasteiger partial charge in [0.1, 0.15) is 0 Å². The van der Waals surface area contributed by atoms with Gasteiger partial charge in [-0.2, -0.15) is 0 Å². The number of nitrogens with one attached hydrogen (secondary N) is 1. The van der Waals surface area contributed by atoms with Crippen LogP contribution in [0.1, 0.15) is 17.5 Å². The van der Waals surface area contributed by atoms with Gasteiger partial charge < -0.3 is 5.32 Å². The van der Waals surface area contributed by atoms with Crippen molar-refractivity contribution in [2.75, 3.05) is 6.54 Å². The molecule has 0 aromatic heterocycles. The van der Waals surface area contributed by atoms with Crippen LogP contribution < -0.4 is 5.32 Å². The van der Waals surface area contributed by atoms with E-state index in [4.69, 9.17) is 0 Å². The molecule has 1 aromatic rings. The summed E-state index contributed by atoms with van der Waals surface area (Å²) in [6, 6.07) is 8.68. The Labute approximate surface area is 78.5 Å². The van der Waals surface area contributed by atoms with Crippen molar-refractivity contribution in [3.63, 3.8) is 0 Å². The minimum absolute atomic E-state index is 1.03. The zero-order chi connectivity index (χ0) is 8.67. The Kier molecular flexibility index (Phi) is 1.53. The van der Waals surface area contributed by atoms with Crippen molar-refractivity contribution in [2.45, 2.75) is 12.8 Å². The number of hydrogen-bond donors (Lipinski definition) is 1. The Morgan fingerprint density at radius 3 is 3.15 bits per heavy atom. The molecule has 2 radical (unpaired) electrons. The highest BCUT2D eigenvalue weighted by Crippen LogP contribution is 2.36. The van der Waals surface area contributed by atoms with E-state index in [2.05, 4.69) is 36.1 Å². The molecule has 1 nitrogen and oxygen atoms in total. The van der Waals surface area contributed by atoms with Gasteiger partial charge in [0.2, 0.25) is 0 Å². The fourth-order valence-corrected chi connectivity index (χ4v) is 2.19. The van der Waals surface area contributed by atoms with Crippen LogP contribution in [0.3, 0.4) is 0 Å². The second-order valence-corrected chi connectivity index (χ2v) is 3.59. The second-order valence-electron chi connectivity index (χ2n) is 3.59. The van der Waals surface area contributed by atoms with Crippen LogP contribution in [-0.4, -0.2) is 6.54 Å². The predicted molar refractivity (Wildman–Crippen MR) is 52.9 cm³/mol. The van der Waals surface area contributed by atoms with Crippen molar-refractivity contribution in [3.05, 3.63) is 47.5 Å². The summed E-state index contributed by atoms with van der Waals surface area (Å²) in [6.45, 7) is 4.29. The molecule has 1 aromatic carbocycles. The number of benzene rings is 1. The Hall–Kier alpha value is -1.08. The molecule has 13 heavy (non-hydrogen) atoms. The fourth-order valence-electron chi connectivity index (χ4n) is 2.19. The van der Waals surface area contributed by atoms with Crippen molar-refractivity contribution in [1.82, 2.24) is 5.32 Å². The summed E-state index contributed by atoms with van der Waals surface area (Å²) < 4.78 is 0. The molecule has 1 heterocycles. The number of rotatable bonds is 0. The van der Waals surface area contributed by atoms with Gasteiger partial charge in [-0.25, -0.2) is 0 Å². The van der Waals surface area contributed by atoms with Gasteiger partial charge in [-0.1, -0.05) is 24.3 Å². The molecule has 0 saturated carbocycles. The average Bonchev–Trinajstić information content (AvgIpc) is 2.56. The first-order valence-corrected chi connectivity index (χ1v) is 4.74. The monoisotopic (exact) mass is 169 g/mol. The molecule has 64 valence electrons. The lowest BCUT2D eigenvalue weighted by atomic mass is 10.0. The van der Waals surface area contributed by atoms with Crippen LogP contribution in [0, 0.1) is 6.54 Å². The summed E-state index contributed by atoms with van der Waals surface area (Å²) in [5, 5.41) is 3.18. The van der Waals surface area contributed by atoms with E-state index in [-0.39, 0.29) is 0 Å². The van der Waals surface area contributed by atoms with Crippen molar-refractivity contribution < 1.29 is 0 Å². The summed E-state index contributed by atoms with van der Waals surface area (Å²) in [5.41, 5.74) is 5.79. The van der Waals surface area contributed by atoms with E-state index in [1.54, 1.807) is 0 Å². The number of hydrogen-bond acceptors (Lipinski definition) is 1. The third kappa shape index (κ3) is 1.04. The maximum Gasteiger partial charge on any atom is 0.0896 e. The minimum atomic E-state index is 1.03. The SMILES string of the molecule is [C]1NCCC2=C1Cc1ccccc12. The quantitative estimate of drug-likeness (QED) is 0.626. The summed E-state index contributed by atoms with van der Waals surface area (Å²) in [7, 11) is 0. The maximum atomic E-state index is 3.26. The van der Waals surface area contributed by atoms with Crippen molar-refractivity contribution in [3.8, 4) is 0 Å². The lowest BCUT2D eigenvalue weighted by molar-refractivity contribution is 0.780. The highest BCUT2D eigenvalue weighted by Gasteiger charge is 2.23. The van der Waals surface area contributed by atoms with E-state index < -0.39 is 0 Å². The Morgan fingerprint density at radius 2 is 2.15 bits per heavy atom. The first-order valence-electron chi connectivity index (χ1n) is 4.74. The molecule has 0 unspecified atom stereocenters. The maximum absolute atomic E-state index is 3.26. The zero-order valence-electron chi connectivity index (χ0n) is 7.43. The molecule has 0 saturated heterocycles. The van der Waals surface area contributed by atoms with Crippen molar-refractivity contribution in [1.29, 1.82) is 0 Å². The molecule has 1 N–H and O–H groups in total. The van der Waals surface area contributed by atoms with Gasteiger partial charge in [0, 0.05) is 6.54 Å². The predicted octanol–water partition coefficient (Wildman–Crippen LogP) is 2.03. The Morgan fingerprint density at radius 1 is 1.23 bits per heavy atom. The smallest absolute Gasteiger partial charge is 0.0896 e. The van der Waals surface area contributed by atoms with Crippen LogP contribution in [0.4, 0.5) is 0 Å². The van der Waals surface area contributed by atoms with Gasteiger partial charge in [-0.15, -0.1) is 0 Å². The van der Waals surface area contributed by atoms with Gasteiger partial charge in [0.15, 0.2) is 0 Å². The summed E-state index contributed by atoms with van der Waals surface area (Å²) in [6.07, 6.45) is 2.22. The van der Waals surface area contributed by atoms with Gasteiger partial charge in [-0.3, -0.25) is 0 Å². The van der Waals surface area contributed by atoms with Crippen LogP contribution in [0.2, 0.25) is 0 Å². The first-order chi connectivity index (χ1) is 6.45. The average molecular weight is 169 g/mol. The molecular formula is C12H11N. The van der Waals surface area contributed by atoms with Gasteiger partial charge >= 0.3 is 0 Å².